The predicted octanol–water partition coefficient (Wildman–Crippen LogP) is 1.38. The number of anilines is 1. The molecule has 3 N–H and O–H groups in total. The third-order valence-electron chi connectivity index (χ3n) is 2.73. The summed E-state index contributed by atoms with van der Waals surface area (Å²) >= 11 is 0. The van der Waals surface area contributed by atoms with E-state index in [1.165, 1.54) is 14.2 Å². The molecule has 0 aliphatic rings. The molecule has 0 unspecified atom stereocenters. The number of nitrogens with zero attached hydrogens (tertiary/aromatic N) is 1. The van der Waals surface area contributed by atoms with Gasteiger partial charge in [-0.15, -0.1) is 0 Å². The molecule has 2 aromatic rings. The van der Waals surface area contributed by atoms with E-state index >= 15 is 0 Å². The number of carboxylic acids is 1. The van der Waals surface area contributed by atoms with Crippen LogP contribution in [0.2, 0.25) is 0 Å². The van der Waals surface area contributed by atoms with E-state index in [-0.39, 0.29) is 11.4 Å². The fourth-order valence-corrected chi connectivity index (χ4v) is 1.71. The molecule has 21 heavy (non-hydrogen) atoms. The van der Waals surface area contributed by atoms with Gasteiger partial charge in [0.2, 0.25) is 0 Å². The molecule has 1 aromatic heterocycles. The number of benzene rings is 1. The van der Waals surface area contributed by atoms with Gasteiger partial charge < -0.3 is 24.9 Å². The van der Waals surface area contributed by atoms with E-state index in [1.54, 1.807) is 18.2 Å². The number of rotatable bonds is 5. The zero-order valence-electron chi connectivity index (χ0n) is 11.3. The molecule has 0 saturated carbocycles. The van der Waals surface area contributed by atoms with Crippen molar-refractivity contribution in [3.05, 3.63) is 35.9 Å². The van der Waals surface area contributed by atoms with Crippen LogP contribution in [-0.4, -0.2) is 41.2 Å². The number of carbonyl (C=O) groups is 2. The van der Waals surface area contributed by atoms with Gasteiger partial charge in [-0.2, -0.15) is 0 Å². The Morgan fingerprint density at radius 2 is 2.05 bits per heavy atom. The molecule has 0 bridgehead atoms. The number of methoxy groups -OCH3 is 2. The van der Waals surface area contributed by atoms with Crippen LogP contribution in [-0.2, 0) is 0 Å². The average Bonchev–Trinajstić information content (AvgIpc) is 2.97. The Labute approximate surface area is 119 Å². The number of hydrogen-bond donors (Lipinski definition) is 3. The minimum absolute atomic E-state index is 0.208. The van der Waals surface area contributed by atoms with Crippen molar-refractivity contribution in [2.45, 2.75) is 0 Å². The fourth-order valence-electron chi connectivity index (χ4n) is 1.71. The summed E-state index contributed by atoms with van der Waals surface area (Å²) in [5.41, 5.74) is -0.108. The molecule has 1 aromatic carbocycles. The molecule has 0 spiro atoms. The van der Waals surface area contributed by atoms with Gasteiger partial charge in [-0.25, -0.2) is 9.78 Å². The molecule has 0 radical (unpaired) electrons. The van der Waals surface area contributed by atoms with Crippen molar-refractivity contribution in [2.24, 2.45) is 0 Å². The number of carboxylic acid groups (broad SMARTS) is 1. The van der Waals surface area contributed by atoms with Crippen LogP contribution >= 0.6 is 0 Å². The average molecular weight is 291 g/mol. The summed E-state index contributed by atoms with van der Waals surface area (Å²) in [7, 11) is 2.96. The molecule has 0 atom stereocenters. The lowest BCUT2D eigenvalue weighted by Crippen LogP contribution is -2.17. The normalized spacial score (nSPS) is 10.0. The Balaban J connectivity index is 2.27. The lowest BCUT2D eigenvalue weighted by atomic mass is 10.2. The number of amides is 1. The zero-order chi connectivity index (χ0) is 15.4. The van der Waals surface area contributed by atoms with Crippen LogP contribution in [0.3, 0.4) is 0 Å². The van der Waals surface area contributed by atoms with E-state index in [2.05, 4.69) is 15.3 Å². The predicted molar refractivity (Wildman–Crippen MR) is 73.0 cm³/mol. The molecule has 0 aliphatic carbocycles. The molecule has 8 nitrogen and oxygen atoms in total. The van der Waals surface area contributed by atoms with Crippen molar-refractivity contribution in [3.8, 4) is 11.5 Å². The van der Waals surface area contributed by atoms with Crippen LogP contribution < -0.4 is 14.8 Å². The van der Waals surface area contributed by atoms with Gasteiger partial charge in [0.15, 0.2) is 11.4 Å². The first-order chi connectivity index (χ1) is 10.1. The number of H-pyrrole nitrogens is 1. The molecule has 1 heterocycles. The van der Waals surface area contributed by atoms with Gasteiger partial charge in [0.1, 0.15) is 11.5 Å². The summed E-state index contributed by atoms with van der Waals surface area (Å²) < 4.78 is 10.2. The number of aromatic carboxylic acids is 1. The van der Waals surface area contributed by atoms with Crippen LogP contribution in [0.5, 0.6) is 11.5 Å². The Kier molecular flexibility index (Phi) is 4.07. The number of imidazole rings is 1. The largest absolute Gasteiger partial charge is 0.497 e. The first-order valence-electron chi connectivity index (χ1n) is 5.87. The molecule has 8 heteroatoms. The van der Waals surface area contributed by atoms with Gasteiger partial charge >= 0.3 is 5.97 Å². The first kappa shape index (κ1) is 14.4. The lowest BCUT2D eigenvalue weighted by molar-refractivity contribution is 0.0686. The van der Waals surface area contributed by atoms with Crippen molar-refractivity contribution in [2.75, 3.05) is 19.5 Å². The highest BCUT2D eigenvalue weighted by Crippen LogP contribution is 2.29. The monoisotopic (exact) mass is 291 g/mol. The quantitative estimate of drug-likeness (QED) is 0.766. The lowest BCUT2D eigenvalue weighted by Gasteiger charge is -2.11. The van der Waals surface area contributed by atoms with E-state index in [9.17, 15) is 9.59 Å². The summed E-state index contributed by atoms with van der Waals surface area (Å²) in [6.07, 6.45) is 1.14. The number of aromatic nitrogens is 2. The van der Waals surface area contributed by atoms with Crippen molar-refractivity contribution >= 4 is 17.6 Å². The van der Waals surface area contributed by atoms with Gasteiger partial charge in [-0.1, -0.05) is 0 Å². The maximum atomic E-state index is 12.1. The van der Waals surface area contributed by atoms with Gasteiger partial charge in [0.05, 0.1) is 26.2 Å². The van der Waals surface area contributed by atoms with E-state index in [1.807, 2.05) is 0 Å². The van der Waals surface area contributed by atoms with Gasteiger partial charge in [-0.3, -0.25) is 4.79 Å². The van der Waals surface area contributed by atoms with Crippen molar-refractivity contribution in [1.29, 1.82) is 0 Å². The summed E-state index contributed by atoms with van der Waals surface area (Å²) in [6.45, 7) is 0. The molecule has 0 fully saturated rings. The second-order valence-electron chi connectivity index (χ2n) is 3.95. The van der Waals surface area contributed by atoms with Crippen molar-refractivity contribution in [3.63, 3.8) is 0 Å². The van der Waals surface area contributed by atoms with Crippen LogP contribution in [0.25, 0.3) is 0 Å². The topological polar surface area (TPSA) is 114 Å². The number of aromatic amines is 1. The Morgan fingerprint density at radius 3 is 2.67 bits per heavy atom. The molecule has 0 aliphatic heterocycles. The van der Waals surface area contributed by atoms with E-state index < -0.39 is 11.9 Å². The molecule has 2 rings (SSSR count). The summed E-state index contributed by atoms with van der Waals surface area (Å²) in [5.74, 6) is -0.970. The van der Waals surface area contributed by atoms with E-state index in [0.29, 0.717) is 17.2 Å². The SMILES string of the molecule is COc1ccc(NC(=O)c2nc[nH]c2C(=O)O)c(OC)c1. The maximum absolute atomic E-state index is 12.1. The summed E-state index contributed by atoms with van der Waals surface area (Å²) in [4.78, 5) is 29.1. The Bertz CT molecular complexity index is 680. The standard InChI is InChI=1S/C13H13N3O5/c1-20-7-3-4-8(9(5-7)21-2)16-12(17)10-11(13(18)19)15-6-14-10/h3-6H,1-2H3,(H,14,15)(H,16,17)(H,18,19). The highest BCUT2D eigenvalue weighted by molar-refractivity contribution is 6.09. The summed E-state index contributed by atoms with van der Waals surface area (Å²) in [5, 5.41) is 11.5. The van der Waals surface area contributed by atoms with Crippen LogP contribution in [0.4, 0.5) is 5.69 Å². The minimum atomic E-state index is -1.26. The third kappa shape index (κ3) is 2.94. The Morgan fingerprint density at radius 1 is 1.29 bits per heavy atom. The number of ether oxygens (including phenoxy) is 2. The second kappa shape index (κ2) is 5.95. The minimum Gasteiger partial charge on any atom is -0.497 e. The van der Waals surface area contributed by atoms with Gasteiger partial charge in [0.25, 0.3) is 5.91 Å². The summed E-state index contributed by atoms with van der Waals surface area (Å²) in [6, 6.07) is 4.82. The van der Waals surface area contributed by atoms with E-state index in [4.69, 9.17) is 14.6 Å². The van der Waals surface area contributed by atoms with Gasteiger partial charge in [-0.05, 0) is 12.1 Å². The molecule has 1 amide bonds. The molecule has 0 saturated heterocycles. The first-order valence-corrected chi connectivity index (χ1v) is 5.87. The number of nitrogens with one attached hydrogen (secondary N) is 2. The van der Waals surface area contributed by atoms with Gasteiger partial charge in [0, 0.05) is 6.07 Å². The van der Waals surface area contributed by atoms with Crippen molar-refractivity contribution in [1.82, 2.24) is 9.97 Å². The highest BCUT2D eigenvalue weighted by Gasteiger charge is 2.20. The Hall–Kier alpha value is -3.03. The highest BCUT2D eigenvalue weighted by atomic mass is 16.5. The second-order valence-corrected chi connectivity index (χ2v) is 3.95. The third-order valence-corrected chi connectivity index (χ3v) is 2.73. The molecular weight excluding hydrogens is 278 g/mol. The molecular formula is C13H13N3O5. The van der Waals surface area contributed by atoms with Crippen LogP contribution in [0, 0.1) is 0 Å². The van der Waals surface area contributed by atoms with Crippen molar-refractivity contribution < 1.29 is 24.2 Å². The fraction of sp³-hybridized carbons (Fsp3) is 0.154. The number of hydrogen-bond acceptors (Lipinski definition) is 5. The zero-order valence-corrected chi connectivity index (χ0v) is 11.3. The smallest absolute Gasteiger partial charge is 0.354 e. The molecule has 110 valence electrons. The maximum Gasteiger partial charge on any atom is 0.354 e. The van der Waals surface area contributed by atoms with E-state index in [0.717, 1.165) is 6.33 Å². The van der Waals surface area contributed by atoms with Crippen LogP contribution in [0.15, 0.2) is 24.5 Å². The number of carbonyl (C=O) groups excluding carboxylic acids is 1. The van der Waals surface area contributed by atoms with Crippen LogP contribution in [0.1, 0.15) is 21.0 Å².